The zero-order valence-corrected chi connectivity index (χ0v) is 7.82. The smallest absolute Gasteiger partial charge is 0.111 e. The number of nitriles is 2. The van der Waals surface area contributed by atoms with E-state index in [0.717, 1.165) is 19.5 Å². The number of piperazine rings is 1. The minimum absolute atomic E-state index is 0.105. The normalized spacial score (nSPS) is 25.9. The molecule has 13 heavy (non-hydrogen) atoms. The lowest BCUT2D eigenvalue weighted by Crippen LogP contribution is -2.54. The molecule has 0 bridgehead atoms. The average Bonchev–Trinajstić information content (AvgIpc) is 2.20. The first-order valence-corrected chi connectivity index (χ1v) is 4.59. The minimum Gasteiger partial charge on any atom is -0.313 e. The molecule has 1 heterocycles. The first-order chi connectivity index (χ1) is 6.33. The van der Waals surface area contributed by atoms with Crippen LogP contribution >= 0.6 is 0 Å². The van der Waals surface area contributed by atoms with Crippen LogP contribution < -0.4 is 5.32 Å². The molecule has 2 atom stereocenters. The summed E-state index contributed by atoms with van der Waals surface area (Å²) in [6.45, 7) is 4.32. The van der Waals surface area contributed by atoms with Gasteiger partial charge in [-0.15, -0.1) is 0 Å². The fourth-order valence-corrected chi connectivity index (χ4v) is 1.61. The van der Waals surface area contributed by atoms with Crippen LogP contribution in [0, 0.1) is 22.7 Å². The van der Waals surface area contributed by atoms with Crippen LogP contribution in [-0.4, -0.2) is 36.6 Å². The van der Waals surface area contributed by atoms with Crippen LogP contribution in [0.4, 0.5) is 0 Å². The minimum atomic E-state index is -0.140. The third-order valence-corrected chi connectivity index (χ3v) is 2.37. The van der Waals surface area contributed by atoms with E-state index in [1.54, 1.807) is 0 Å². The SMILES string of the molecule is CCC(C#N)N1CCNCC1C#N. The lowest BCUT2D eigenvalue weighted by atomic mass is 10.1. The number of nitrogens with one attached hydrogen (secondary N) is 1. The van der Waals surface area contributed by atoms with Gasteiger partial charge in [0.05, 0.1) is 18.2 Å². The molecule has 0 aromatic carbocycles. The molecule has 1 saturated heterocycles. The van der Waals surface area contributed by atoms with Crippen LogP contribution in [0.15, 0.2) is 0 Å². The number of rotatable bonds is 2. The van der Waals surface area contributed by atoms with Gasteiger partial charge < -0.3 is 5.32 Å². The zero-order valence-electron chi connectivity index (χ0n) is 7.82. The van der Waals surface area contributed by atoms with Gasteiger partial charge in [-0.1, -0.05) is 6.92 Å². The molecule has 0 aromatic rings. The van der Waals surface area contributed by atoms with Crippen molar-refractivity contribution in [3.63, 3.8) is 0 Å². The standard InChI is InChI=1S/C9H14N4/c1-2-8(5-10)13-4-3-12-7-9(13)6-11/h8-9,12H,2-4,7H2,1H3. The van der Waals surface area contributed by atoms with Gasteiger partial charge in [0.2, 0.25) is 0 Å². The van der Waals surface area contributed by atoms with Gasteiger partial charge in [0.1, 0.15) is 6.04 Å². The van der Waals surface area contributed by atoms with Gasteiger partial charge >= 0.3 is 0 Å². The highest BCUT2D eigenvalue weighted by Crippen LogP contribution is 2.09. The fourth-order valence-electron chi connectivity index (χ4n) is 1.61. The molecule has 4 nitrogen and oxygen atoms in total. The second-order valence-corrected chi connectivity index (χ2v) is 3.14. The summed E-state index contributed by atoms with van der Waals surface area (Å²) in [5, 5.41) is 20.9. The molecule has 70 valence electrons. The molecular weight excluding hydrogens is 164 g/mol. The number of hydrogen-bond acceptors (Lipinski definition) is 4. The Labute approximate surface area is 78.7 Å². The molecule has 1 aliphatic heterocycles. The van der Waals surface area contributed by atoms with Crippen molar-refractivity contribution in [1.29, 1.82) is 10.5 Å². The first-order valence-electron chi connectivity index (χ1n) is 4.59. The van der Waals surface area contributed by atoms with Crippen molar-refractivity contribution >= 4 is 0 Å². The van der Waals surface area contributed by atoms with Gasteiger partial charge in [-0.05, 0) is 6.42 Å². The van der Waals surface area contributed by atoms with Gasteiger partial charge in [-0.25, -0.2) is 0 Å². The summed E-state index contributed by atoms with van der Waals surface area (Å²) >= 11 is 0. The Morgan fingerprint density at radius 1 is 1.62 bits per heavy atom. The van der Waals surface area contributed by atoms with E-state index in [1.165, 1.54) is 0 Å². The number of hydrogen-bond donors (Lipinski definition) is 1. The Kier molecular flexibility index (Phi) is 3.70. The molecule has 2 unspecified atom stereocenters. The first kappa shape index (κ1) is 9.98. The molecule has 0 spiro atoms. The van der Waals surface area contributed by atoms with E-state index in [4.69, 9.17) is 10.5 Å². The highest BCUT2D eigenvalue weighted by Gasteiger charge is 2.27. The molecular formula is C9H14N4. The van der Waals surface area contributed by atoms with Crippen LogP contribution in [0.2, 0.25) is 0 Å². The highest BCUT2D eigenvalue weighted by molar-refractivity contribution is 5.03. The monoisotopic (exact) mass is 178 g/mol. The lowest BCUT2D eigenvalue weighted by molar-refractivity contribution is 0.162. The van der Waals surface area contributed by atoms with Gasteiger partial charge in [0, 0.05) is 19.6 Å². The third-order valence-electron chi connectivity index (χ3n) is 2.37. The summed E-state index contributed by atoms with van der Waals surface area (Å²) in [5.74, 6) is 0. The second kappa shape index (κ2) is 4.81. The van der Waals surface area contributed by atoms with Crippen molar-refractivity contribution in [2.75, 3.05) is 19.6 Å². The quantitative estimate of drug-likeness (QED) is 0.650. The van der Waals surface area contributed by atoms with Crippen molar-refractivity contribution < 1.29 is 0 Å². The maximum absolute atomic E-state index is 8.87. The largest absolute Gasteiger partial charge is 0.313 e. The summed E-state index contributed by atoms with van der Waals surface area (Å²) in [7, 11) is 0. The van der Waals surface area contributed by atoms with Crippen molar-refractivity contribution in [3.05, 3.63) is 0 Å². The van der Waals surface area contributed by atoms with E-state index in [2.05, 4.69) is 17.5 Å². The Balaban J connectivity index is 2.65. The Hall–Kier alpha value is -1.10. The maximum Gasteiger partial charge on any atom is 0.111 e. The van der Waals surface area contributed by atoms with Crippen LogP contribution in [0.3, 0.4) is 0 Å². The van der Waals surface area contributed by atoms with Crippen LogP contribution in [0.25, 0.3) is 0 Å². The van der Waals surface area contributed by atoms with E-state index < -0.39 is 0 Å². The Morgan fingerprint density at radius 3 is 2.92 bits per heavy atom. The summed E-state index contributed by atoms with van der Waals surface area (Å²) in [5.41, 5.74) is 0. The van der Waals surface area contributed by atoms with E-state index in [-0.39, 0.29) is 12.1 Å². The van der Waals surface area contributed by atoms with E-state index in [9.17, 15) is 0 Å². The predicted octanol–water partition coefficient (Wildman–Crippen LogP) is 0.0860. The topological polar surface area (TPSA) is 62.9 Å². The maximum atomic E-state index is 8.87. The predicted molar refractivity (Wildman–Crippen MR) is 48.7 cm³/mol. The third kappa shape index (κ3) is 2.18. The molecule has 0 amide bonds. The molecule has 1 N–H and O–H groups in total. The molecule has 0 saturated carbocycles. The van der Waals surface area contributed by atoms with Crippen molar-refractivity contribution in [3.8, 4) is 12.1 Å². The molecule has 0 aromatic heterocycles. The second-order valence-electron chi connectivity index (χ2n) is 3.14. The molecule has 1 rings (SSSR count). The average molecular weight is 178 g/mol. The van der Waals surface area contributed by atoms with Crippen LogP contribution in [0.1, 0.15) is 13.3 Å². The summed E-state index contributed by atoms with van der Waals surface area (Å²) in [6, 6.07) is 4.20. The number of nitrogens with zero attached hydrogens (tertiary/aromatic N) is 3. The Morgan fingerprint density at radius 2 is 2.38 bits per heavy atom. The summed E-state index contributed by atoms with van der Waals surface area (Å²) < 4.78 is 0. The van der Waals surface area contributed by atoms with E-state index in [0.29, 0.717) is 6.54 Å². The molecule has 1 aliphatic rings. The van der Waals surface area contributed by atoms with Gasteiger partial charge in [-0.3, -0.25) is 4.90 Å². The lowest BCUT2D eigenvalue weighted by Gasteiger charge is -2.34. The molecule has 4 heteroatoms. The fraction of sp³-hybridized carbons (Fsp3) is 0.778. The van der Waals surface area contributed by atoms with Crippen LogP contribution in [0.5, 0.6) is 0 Å². The van der Waals surface area contributed by atoms with E-state index in [1.807, 2.05) is 11.8 Å². The highest BCUT2D eigenvalue weighted by atomic mass is 15.2. The van der Waals surface area contributed by atoms with Crippen molar-refractivity contribution in [2.24, 2.45) is 0 Å². The zero-order chi connectivity index (χ0) is 9.68. The molecule has 0 radical (unpaired) electrons. The van der Waals surface area contributed by atoms with Gasteiger partial charge in [-0.2, -0.15) is 10.5 Å². The van der Waals surface area contributed by atoms with Gasteiger partial charge in [0.25, 0.3) is 0 Å². The summed E-state index contributed by atoms with van der Waals surface area (Å²) in [6.07, 6.45) is 0.786. The molecule has 1 fully saturated rings. The molecule has 0 aliphatic carbocycles. The van der Waals surface area contributed by atoms with Crippen molar-refractivity contribution in [2.45, 2.75) is 25.4 Å². The summed E-state index contributed by atoms with van der Waals surface area (Å²) in [4.78, 5) is 1.98. The van der Waals surface area contributed by atoms with Crippen molar-refractivity contribution in [1.82, 2.24) is 10.2 Å². The van der Waals surface area contributed by atoms with Crippen LogP contribution in [-0.2, 0) is 0 Å². The van der Waals surface area contributed by atoms with Gasteiger partial charge in [0.15, 0.2) is 0 Å². The Bertz CT molecular complexity index is 221. The van der Waals surface area contributed by atoms with E-state index >= 15 is 0 Å².